The highest BCUT2D eigenvalue weighted by molar-refractivity contribution is 6.32. The van der Waals surface area contributed by atoms with Crippen LogP contribution in [0.5, 0.6) is 5.75 Å². The van der Waals surface area contributed by atoms with Gasteiger partial charge in [-0.25, -0.2) is 4.79 Å². The number of carboxylic acid groups (broad SMARTS) is 1. The van der Waals surface area contributed by atoms with Gasteiger partial charge in [0.05, 0.1) is 5.02 Å². The van der Waals surface area contributed by atoms with Gasteiger partial charge in [0.25, 0.3) is 0 Å². The second kappa shape index (κ2) is 7.82. The smallest absolute Gasteiger partial charge is 0.479 e. The fraction of sp³-hybridized carbons (Fsp3) is 0.158. The predicted octanol–water partition coefficient (Wildman–Crippen LogP) is 4.20. The summed E-state index contributed by atoms with van der Waals surface area (Å²) in [5.74, 6) is -1.30. The average molecular weight is 412 g/mol. The van der Waals surface area contributed by atoms with E-state index in [1.807, 2.05) is 5.92 Å². The third-order valence-corrected chi connectivity index (χ3v) is 4.22. The lowest BCUT2D eigenvalue weighted by Gasteiger charge is -2.37. The minimum absolute atomic E-state index is 0.115. The minimum Gasteiger partial charge on any atom is -0.479 e. The molecule has 0 fully saturated rings. The van der Waals surface area contributed by atoms with Gasteiger partial charge in [0.15, 0.2) is 5.54 Å². The second-order valence-corrected chi connectivity index (χ2v) is 6.10. The number of carbonyl (C=O) groups is 2. The molecule has 2 aromatic rings. The fourth-order valence-electron chi connectivity index (χ4n) is 2.59. The molecule has 28 heavy (non-hydrogen) atoms. The van der Waals surface area contributed by atoms with Crippen LogP contribution in [0.2, 0.25) is 5.02 Å². The van der Waals surface area contributed by atoms with Crippen molar-refractivity contribution in [2.24, 2.45) is 0 Å². The molecule has 0 aromatic heterocycles. The molecule has 0 heterocycles. The van der Waals surface area contributed by atoms with Crippen molar-refractivity contribution in [3.05, 3.63) is 59.1 Å². The lowest BCUT2D eigenvalue weighted by Crippen LogP contribution is -2.53. The number of halogens is 4. The first-order valence-electron chi connectivity index (χ1n) is 7.65. The largest absolute Gasteiger partial charge is 0.573 e. The average Bonchev–Trinajstić information content (AvgIpc) is 2.63. The van der Waals surface area contributed by atoms with Crippen LogP contribution in [-0.4, -0.2) is 23.3 Å². The van der Waals surface area contributed by atoms with E-state index >= 15 is 0 Å². The molecule has 2 rings (SSSR count). The van der Waals surface area contributed by atoms with Gasteiger partial charge in [0.1, 0.15) is 5.75 Å². The molecular formula is C19H13ClF3NO4. The Bertz CT molecular complexity index is 940. The predicted molar refractivity (Wildman–Crippen MR) is 95.9 cm³/mol. The number of ether oxygens (including phenoxy) is 1. The minimum atomic E-state index is -4.97. The van der Waals surface area contributed by atoms with Gasteiger partial charge in [-0.3, -0.25) is 9.69 Å². The lowest BCUT2D eigenvalue weighted by atomic mass is 9.89. The van der Waals surface area contributed by atoms with Crippen LogP contribution in [0.1, 0.15) is 12.5 Å². The van der Waals surface area contributed by atoms with Crippen LogP contribution < -0.4 is 9.64 Å². The molecule has 9 heteroatoms. The van der Waals surface area contributed by atoms with Gasteiger partial charge in [0, 0.05) is 5.69 Å². The zero-order chi connectivity index (χ0) is 21.1. The van der Waals surface area contributed by atoms with Gasteiger partial charge in [-0.05, 0) is 36.6 Å². The number of hydrogen-bond donors (Lipinski definition) is 1. The van der Waals surface area contributed by atoms with Gasteiger partial charge < -0.3 is 9.84 Å². The summed E-state index contributed by atoms with van der Waals surface area (Å²) in [6.45, 7) is 1.24. The van der Waals surface area contributed by atoms with E-state index in [1.54, 1.807) is 18.2 Å². The van der Waals surface area contributed by atoms with Crippen molar-refractivity contribution >= 4 is 29.2 Å². The number of hydrogen-bond acceptors (Lipinski definition) is 3. The molecule has 1 N–H and O–H groups in total. The summed E-state index contributed by atoms with van der Waals surface area (Å²) in [7, 11) is 0. The van der Waals surface area contributed by atoms with Crippen molar-refractivity contribution in [3.63, 3.8) is 0 Å². The number of carboxylic acids is 1. The van der Waals surface area contributed by atoms with E-state index in [2.05, 4.69) is 4.74 Å². The third kappa shape index (κ3) is 4.21. The molecule has 146 valence electrons. The summed E-state index contributed by atoms with van der Waals surface area (Å²) < 4.78 is 41.1. The Labute approximate surface area is 163 Å². The molecular weight excluding hydrogens is 399 g/mol. The van der Waals surface area contributed by atoms with Gasteiger partial charge >= 0.3 is 18.2 Å². The van der Waals surface area contributed by atoms with Crippen molar-refractivity contribution < 1.29 is 32.6 Å². The van der Waals surface area contributed by atoms with E-state index < -0.39 is 34.5 Å². The zero-order valence-electron chi connectivity index (χ0n) is 14.3. The molecule has 0 saturated carbocycles. The quantitative estimate of drug-likeness (QED) is 0.749. The number of anilines is 1. The van der Waals surface area contributed by atoms with Gasteiger partial charge in [-0.1, -0.05) is 41.9 Å². The van der Waals surface area contributed by atoms with Crippen LogP contribution in [0.15, 0.2) is 48.5 Å². The van der Waals surface area contributed by atoms with Crippen LogP contribution in [0.4, 0.5) is 18.9 Å². The van der Waals surface area contributed by atoms with E-state index in [9.17, 15) is 27.9 Å². The number of terminal acetylenes is 1. The molecule has 1 atom stereocenters. The SMILES string of the molecule is C#CC(=O)N(c1ccc(OC(F)(F)F)c(Cl)c1)[C@](C)(C(=O)O)c1ccccc1. The summed E-state index contributed by atoms with van der Waals surface area (Å²) in [4.78, 5) is 25.3. The maximum Gasteiger partial charge on any atom is 0.573 e. The number of benzene rings is 2. The first-order valence-corrected chi connectivity index (χ1v) is 8.03. The topological polar surface area (TPSA) is 66.8 Å². The Kier molecular flexibility index (Phi) is 5.90. The Morgan fingerprint density at radius 3 is 2.25 bits per heavy atom. The molecule has 0 aliphatic carbocycles. The van der Waals surface area contributed by atoms with E-state index in [4.69, 9.17) is 18.0 Å². The van der Waals surface area contributed by atoms with Crippen LogP contribution in [0.25, 0.3) is 0 Å². The van der Waals surface area contributed by atoms with Gasteiger partial charge in [-0.15, -0.1) is 19.6 Å². The first kappa shape index (κ1) is 21.1. The molecule has 0 saturated heterocycles. The highest BCUT2D eigenvalue weighted by atomic mass is 35.5. The summed E-state index contributed by atoms with van der Waals surface area (Å²) in [5.41, 5.74) is -1.85. The first-order chi connectivity index (χ1) is 13.0. The summed E-state index contributed by atoms with van der Waals surface area (Å²) in [6.07, 6.45) is 0.223. The Morgan fingerprint density at radius 2 is 1.79 bits per heavy atom. The van der Waals surface area contributed by atoms with Crippen LogP contribution >= 0.6 is 11.6 Å². The Balaban J connectivity index is 2.64. The summed E-state index contributed by atoms with van der Waals surface area (Å²) in [6, 6.07) is 10.7. The number of amides is 1. The second-order valence-electron chi connectivity index (χ2n) is 5.69. The molecule has 0 aliphatic heterocycles. The van der Waals surface area contributed by atoms with E-state index in [-0.39, 0.29) is 11.3 Å². The van der Waals surface area contributed by atoms with Gasteiger partial charge in [-0.2, -0.15) is 0 Å². The molecule has 0 spiro atoms. The maximum absolute atomic E-state index is 12.4. The lowest BCUT2D eigenvalue weighted by molar-refractivity contribution is -0.274. The number of rotatable bonds is 5. The summed E-state index contributed by atoms with van der Waals surface area (Å²) in [5, 5.41) is 9.39. The number of aliphatic carboxylic acids is 1. The zero-order valence-corrected chi connectivity index (χ0v) is 15.1. The Morgan fingerprint density at radius 1 is 1.18 bits per heavy atom. The van der Waals surface area contributed by atoms with Crippen molar-refractivity contribution in [1.29, 1.82) is 0 Å². The van der Waals surface area contributed by atoms with Crippen LogP contribution in [0, 0.1) is 12.3 Å². The molecule has 0 bridgehead atoms. The third-order valence-electron chi connectivity index (χ3n) is 3.93. The fourth-order valence-corrected chi connectivity index (χ4v) is 2.80. The highest BCUT2D eigenvalue weighted by Gasteiger charge is 2.45. The van der Waals surface area contributed by atoms with E-state index in [0.717, 1.165) is 23.1 Å². The molecule has 5 nitrogen and oxygen atoms in total. The Hall–Kier alpha value is -3.18. The molecule has 2 aromatic carbocycles. The summed E-state index contributed by atoms with van der Waals surface area (Å²) >= 11 is 5.84. The molecule has 0 radical (unpaired) electrons. The van der Waals surface area contributed by atoms with Gasteiger partial charge in [0.2, 0.25) is 0 Å². The van der Waals surface area contributed by atoms with Crippen molar-refractivity contribution in [2.75, 3.05) is 4.90 Å². The molecule has 0 aliphatic rings. The van der Waals surface area contributed by atoms with Crippen LogP contribution in [-0.2, 0) is 15.1 Å². The van der Waals surface area contributed by atoms with Crippen molar-refractivity contribution in [2.45, 2.75) is 18.8 Å². The number of nitrogens with zero attached hydrogens (tertiary/aromatic N) is 1. The number of alkyl halides is 3. The number of carbonyl (C=O) groups excluding carboxylic acids is 1. The van der Waals surface area contributed by atoms with E-state index in [1.165, 1.54) is 19.1 Å². The van der Waals surface area contributed by atoms with E-state index in [0.29, 0.717) is 0 Å². The molecule has 1 amide bonds. The van der Waals surface area contributed by atoms with Crippen LogP contribution in [0.3, 0.4) is 0 Å². The molecule has 0 unspecified atom stereocenters. The highest BCUT2D eigenvalue weighted by Crippen LogP contribution is 2.38. The van der Waals surface area contributed by atoms with Crippen molar-refractivity contribution in [3.8, 4) is 18.1 Å². The van der Waals surface area contributed by atoms with Crippen molar-refractivity contribution in [1.82, 2.24) is 0 Å². The normalized spacial score (nSPS) is 13.1. The monoisotopic (exact) mass is 411 g/mol. The standard InChI is InChI=1S/C19H13ClF3NO4/c1-3-16(25)24(18(2,17(26)27)12-7-5-4-6-8-12)13-9-10-15(14(20)11-13)28-19(21,22)23/h1,4-11H,2H3,(H,26,27)/t18-/m0/s1. The maximum atomic E-state index is 12.4.